The Balaban J connectivity index is 1.57. The fraction of sp³-hybridized carbons (Fsp3) is 0.667. The van der Waals surface area contributed by atoms with Gasteiger partial charge < -0.3 is 10.6 Å². The summed E-state index contributed by atoms with van der Waals surface area (Å²) in [6.07, 6.45) is 2.82. The smallest absolute Gasteiger partial charge is 0.234 e. The fourth-order valence-electron chi connectivity index (χ4n) is 2.56. The molecule has 0 saturated heterocycles. The maximum atomic E-state index is 11.8. The highest BCUT2D eigenvalue weighted by molar-refractivity contribution is 7.15. The zero-order valence-corrected chi connectivity index (χ0v) is 13.8. The summed E-state index contributed by atoms with van der Waals surface area (Å²) in [7, 11) is 0. The molecule has 6 nitrogen and oxygen atoms in total. The average Bonchev–Trinajstić information content (AvgIpc) is 3.19. The number of hydrogen-bond donors (Lipinski definition) is 2. The highest BCUT2D eigenvalue weighted by atomic mass is 32.1. The number of rotatable bonds is 5. The number of aromatic nitrogens is 1. The lowest BCUT2D eigenvalue weighted by Crippen LogP contribution is -2.41. The van der Waals surface area contributed by atoms with Crippen LogP contribution in [0.2, 0.25) is 0 Å². The molecule has 1 aliphatic carbocycles. The molecule has 1 aliphatic heterocycles. The normalized spacial score (nSPS) is 18.1. The number of nitrogens with one attached hydrogen (secondary N) is 2. The molecule has 1 fully saturated rings. The Bertz CT molecular complexity index is 580. The highest BCUT2D eigenvalue weighted by Crippen LogP contribution is 2.32. The van der Waals surface area contributed by atoms with Crippen molar-refractivity contribution in [2.75, 3.05) is 18.4 Å². The summed E-state index contributed by atoms with van der Waals surface area (Å²) in [4.78, 5) is 31.5. The Morgan fingerprint density at radius 2 is 2.18 bits per heavy atom. The molecule has 0 atom stereocenters. The van der Waals surface area contributed by atoms with Crippen molar-refractivity contribution in [3.05, 3.63) is 10.6 Å². The lowest BCUT2D eigenvalue weighted by atomic mass is 10.2. The molecule has 1 aromatic heterocycles. The van der Waals surface area contributed by atoms with Crippen molar-refractivity contribution >= 4 is 28.3 Å². The van der Waals surface area contributed by atoms with E-state index in [0.717, 1.165) is 42.9 Å². The first-order valence-electron chi connectivity index (χ1n) is 7.82. The number of carbonyl (C=O) groups excluding carboxylic acids is 2. The Morgan fingerprint density at radius 3 is 2.86 bits per heavy atom. The molecule has 2 aliphatic rings. The van der Waals surface area contributed by atoms with Gasteiger partial charge in [-0.25, -0.2) is 4.98 Å². The number of amides is 2. The van der Waals surface area contributed by atoms with E-state index in [0.29, 0.717) is 11.7 Å². The quantitative estimate of drug-likeness (QED) is 0.859. The topological polar surface area (TPSA) is 74.3 Å². The van der Waals surface area contributed by atoms with Gasteiger partial charge in [-0.15, -0.1) is 11.3 Å². The molecule has 0 aromatic carbocycles. The van der Waals surface area contributed by atoms with E-state index >= 15 is 0 Å². The molecular weight excluding hydrogens is 300 g/mol. The van der Waals surface area contributed by atoms with E-state index in [1.165, 1.54) is 11.3 Å². The van der Waals surface area contributed by atoms with E-state index in [-0.39, 0.29) is 23.8 Å². The van der Waals surface area contributed by atoms with E-state index in [1.54, 1.807) is 0 Å². The highest BCUT2D eigenvalue weighted by Gasteiger charge is 2.31. The van der Waals surface area contributed by atoms with Crippen molar-refractivity contribution < 1.29 is 9.59 Å². The predicted molar refractivity (Wildman–Crippen MR) is 85.7 cm³/mol. The fourth-order valence-corrected chi connectivity index (χ4v) is 3.61. The second-order valence-electron chi connectivity index (χ2n) is 6.34. The maximum Gasteiger partial charge on any atom is 0.234 e. The lowest BCUT2D eigenvalue weighted by molar-refractivity contribution is -0.123. The van der Waals surface area contributed by atoms with Gasteiger partial charge in [-0.2, -0.15) is 0 Å². The number of carbonyl (C=O) groups is 2. The van der Waals surface area contributed by atoms with E-state index in [1.807, 2.05) is 13.8 Å². The third-order valence-corrected chi connectivity index (χ3v) is 4.80. The molecule has 2 N–H and O–H groups in total. The first-order chi connectivity index (χ1) is 10.5. The van der Waals surface area contributed by atoms with Crippen LogP contribution >= 0.6 is 11.3 Å². The Hall–Kier alpha value is -1.47. The predicted octanol–water partition coefficient (Wildman–Crippen LogP) is 1.37. The molecule has 1 aromatic rings. The molecule has 0 radical (unpaired) electrons. The third-order valence-electron chi connectivity index (χ3n) is 3.81. The number of fused-ring (bicyclic) bond motifs is 1. The monoisotopic (exact) mass is 322 g/mol. The number of thiazole rings is 1. The Morgan fingerprint density at radius 1 is 1.41 bits per heavy atom. The van der Waals surface area contributed by atoms with Crippen molar-refractivity contribution in [2.24, 2.45) is 5.92 Å². The van der Waals surface area contributed by atoms with Gasteiger partial charge in [0.15, 0.2) is 5.13 Å². The van der Waals surface area contributed by atoms with E-state index in [9.17, 15) is 9.59 Å². The average molecular weight is 322 g/mol. The molecule has 0 spiro atoms. The summed E-state index contributed by atoms with van der Waals surface area (Å²) in [6.45, 7) is 5.91. The summed E-state index contributed by atoms with van der Waals surface area (Å²) in [5, 5.41) is 6.53. The van der Waals surface area contributed by atoms with Crippen LogP contribution in [-0.2, 0) is 22.6 Å². The minimum Gasteiger partial charge on any atom is -0.353 e. The van der Waals surface area contributed by atoms with Gasteiger partial charge in [0.25, 0.3) is 0 Å². The van der Waals surface area contributed by atoms with Gasteiger partial charge in [-0.3, -0.25) is 14.5 Å². The van der Waals surface area contributed by atoms with Gasteiger partial charge in [0.05, 0.1) is 12.2 Å². The molecule has 22 heavy (non-hydrogen) atoms. The van der Waals surface area contributed by atoms with Crippen LogP contribution in [0.15, 0.2) is 0 Å². The summed E-state index contributed by atoms with van der Waals surface area (Å²) in [5.41, 5.74) is 1.07. The Labute approximate surface area is 134 Å². The van der Waals surface area contributed by atoms with Crippen LogP contribution in [0.3, 0.4) is 0 Å². The van der Waals surface area contributed by atoms with Gasteiger partial charge in [-0.05, 0) is 26.7 Å². The molecule has 3 rings (SSSR count). The van der Waals surface area contributed by atoms with Gasteiger partial charge in [0, 0.05) is 36.3 Å². The van der Waals surface area contributed by atoms with Crippen LogP contribution in [0.25, 0.3) is 0 Å². The van der Waals surface area contributed by atoms with E-state index in [4.69, 9.17) is 0 Å². The Kier molecular flexibility index (Phi) is 4.44. The van der Waals surface area contributed by atoms with Gasteiger partial charge in [0.1, 0.15) is 0 Å². The van der Waals surface area contributed by atoms with Crippen molar-refractivity contribution in [3.8, 4) is 0 Å². The lowest BCUT2D eigenvalue weighted by Gasteiger charge is -2.25. The van der Waals surface area contributed by atoms with E-state index < -0.39 is 0 Å². The molecule has 0 unspecified atom stereocenters. The van der Waals surface area contributed by atoms with Crippen LogP contribution in [0.1, 0.15) is 37.3 Å². The first kappa shape index (κ1) is 15.4. The summed E-state index contributed by atoms with van der Waals surface area (Å²) < 4.78 is 0. The number of hydrogen-bond acceptors (Lipinski definition) is 5. The standard InChI is InChI=1S/C15H22N4O2S/c1-9(2)16-13(20)8-19-6-5-11-12(7-19)22-15(17-11)18-14(21)10-3-4-10/h9-10H,3-8H2,1-2H3,(H,16,20)(H,17,18,21). The van der Waals surface area contributed by atoms with Crippen LogP contribution in [0.4, 0.5) is 5.13 Å². The summed E-state index contributed by atoms with van der Waals surface area (Å²) >= 11 is 1.54. The largest absolute Gasteiger partial charge is 0.353 e. The minimum absolute atomic E-state index is 0.0604. The van der Waals surface area contributed by atoms with Crippen LogP contribution in [0.5, 0.6) is 0 Å². The molecule has 2 heterocycles. The summed E-state index contributed by atoms with van der Waals surface area (Å²) in [6, 6.07) is 0.167. The molecule has 1 saturated carbocycles. The summed E-state index contributed by atoms with van der Waals surface area (Å²) in [5.74, 6) is 0.349. The molecule has 2 amide bonds. The molecule has 0 bridgehead atoms. The van der Waals surface area contributed by atoms with Crippen molar-refractivity contribution in [3.63, 3.8) is 0 Å². The van der Waals surface area contributed by atoms with Crippen molar-refractivity contribution in [2.45, 2.75) is 45.7 Å². The van der Waals surface area contributed by atoms with Gasteiger partial charge in [0.2, 0.25) is 11.8 Å². The zero-order chi connectivity index (χ0) is 15.7. The SMILES string of the molecule is CC(C)NC(=O)CN1CCc2nc(NC(=O)C3CC3)sc2C1. The number of anilines is 1. The van der Waals surface area contributed by atoms with Crippen molar-refractivity contribution in [1.29, 1.82) is 0 Å². The maximum absolute atomic E-state index is 11.8. The van der Waals surface area contributed by atoms with Crippen molar-refractivity contribution in [1.82, 2.24) is 15.2 Å². The third kappa shape index (κ3) is 3.84. The second kappa shape index (κ2) is 6.34. The molecule has 120 valence electrons. The zero-order valence-electron chi connectivity index (χ0n) is 13.0. The molecular formula is C15H22N4O2S. The van der Waals surface area contributed by atoms with Crippen LogP contribution in [0, 0.1) is 5.92 Å². The molecule has 7 heteroatoms. The van der Waals surface area contributed by atoms with Gasteiger partial charge >= 0.3 is 0 Å². The van der Waals surface area contributed by atoms with Crippen LogP contribution < -0.4 is 10.6 Å². The number of nitrogens with zero attached hydrogens (tertiary/aromatic N) is 2. The van der Waals surface area contributed by atoms with Gasteiger partial charge in [-0.1, -0.05) is 0 Å². The second-order valence-corrected chi connectivity index (χ2v) is 7.42. The van der Waals surface area contributed by atoms with Crippen LogP contribution in [-0.4, -0.2) is 40.8 Å². The minimum atomic E-state index is 0.0604. The van der Waals surface area contributed by atoms with E-state index in [2.05, 4.69) is 20.5 Å². The first-order valence-corrected chi connectivity index (χ1v) is 8.64.